The second kappa shape index (κ2) is 12.2. The first-order chi connectivity index (χ1) is 18.2. The van der Waals surface area contributed by atoms with Crippen LogP contribution in [0.5, 0.6) is 5.75 Å². The van der Waals surface area contributed by atoms with Crippen molar-refractivity contribution in [1.82, 2.24) is 10.3 Å². The van der Waals surface area contributed by atoms with Crippen molar-refractivity contribution in [3.63, 3.8) is 0 Å². The van der Waals surface area contributed by atoms with Gasteiger partial charge in [0.25, 0.3) is 5.91 Å². The van der Waals surface area contributed by atoms with Crippen molar-refractivity contribution in [3.05, 3.63) is 99.5 Å². The molecule has 1 fully saturated rings. The first kappa shape index (κ1) is 27.4. The zero-order valence-corrected chi connectivity index (χ0v) is 22.4. The van der Waals surface area contributed by atoms with Gasteiger partial charge in [-0.05, 0) is 80.1 Å². The van der Waals surface area contributed by atoms with Crippen LogP contribution >= 0.6 is 23.2 Å². The summed E-state index contributed by atoms with van der Waals surface area (Å²) in [5.74, 6) is -1.05. The molecule has 2 aromatic carbocycles. The predicted octanol–water partition coefficient (Wildman–Crippen LogP) is 6.23. The van der Waals surface area contributed by atoms with Crippen molar-refractivity contribution in [2.24, 2.45) is 5.92 Å². The van der Waals surface area contributed by atoms with E-state index in [1.54, 1.807) is 37.3 Å². The summed E-state index contributed by atoms with van der Waals surface area (Å²) in [5, 5.41) is 3.72. The molecule has 1 aliphatic carbocycles. The maximum Gasteiger partial charge on any atom is 0.333 e. The van der Waals surface area contributed by atoms with E-state index in [-0.39, 0.29) is 11.4 Å². The van der Waals surface area contributed by atoms with Gasteiger partial charge in [0.15, 0.2) is 11.4 Å². The number of halogens is 2. The van der Waals surface area contributed by atoms with E-state index in [1.165, 1.54) is 19.2 Å². The molecule has 1 atom stereocenters. The van der Waals surface area contributed by atoms with Crippen LogP contribution in [0.3, 0.4) is 0 Å². The van der Waals surface area contributed by atoms with Gasteiger partial charge >= 0.3 is 11.9 Å². The lowest BCUT2D eigenvalue weighted by Gasteiger charge is -2.17. The van der Waals surface area contributed by atoms with E-state index < -0.39 is 23.9 Å². The van der Waals surface area contributed by atoms with Crippen LogP contribution in [0.4, 0.5) is 0 Å². The van der Waals surface area contributed by atoms with Crippen molar-refractivity contribution in [2.45, 2.75) is 39.2 Å². The van der Waals surface area contributed by atoms with Gasteiger partial charge in [-0.3, -0.25) is 9.59 Å². The number of allylic oxidation sites excluding steroid dienone is 1. The minimum absolute atomic E-state index is 0.0417. The Morgan fingerprint density at radius 3 is 2.11 bits per heavy atom. The summed E-state index contributed by atoms with van der Waals surface area (Å²) < 4.78 is 11.0. The van der Waals surface area contributed by atoms with Crippen LogP contribution in [-0.4, -0.2) is 28.9 Å². The van der Waals surface area contributed by atoms with Gasteiger partial charge in [-0.15, -0.1) is 0 Å². The lowest BCUT2D eigenvalue weighted by Crippen LogP contribution is -2.40. The zero-order valence-electron chi connectivity index (χ0n) is 20.9. The van der Waals surface area contributed by atoms with Crippen LogP contribution in [0, 0.1) is 5.92 Å². The Bertz CT molecular complexity index is 1320. The number of amides is 1. The molecule has 1 N–H and O–H groups in total. The summed E-state index contributed by atoms with van der Waals surface area (Å²) in [6.45, 7) is 3.17. The highest BCUT2D eigenvalue weighted by Crippen LogP contribution is 2.33. The highest BCUT2D eigenvalue weighted by Gasteiger charge is 2.27. The van der Waals surface area contributed by atoms with Gasteiger partial charge in [0, 0.05) is 28.2 Å². The molecular weight excluding hydrogens is 527 g/mol. The first-order valence-electron chi connectivity index (χ1n) is 12.1. The Morgan fingerprint density at radius 1 is 0.974 bits per heavy atom. The second-order valence-corrected chi connectivity index (χ2v) is 9.91. The van der Waals surface area contributed by atoms with E-state index in [9.17, 15) is 14.4 Å². The van der Waals surface area contributed by atoms with Crippen LogP contribution in [0.2, 0.25) is 10.0 Å². The molecule has 7 nitrogen and oxygen atoms in total. The molecular formula is C29H26Cl2N2O5. The molecule has 0 aliphatic heterocycles. The molecule has 1 aromatic heterocycles. The summed E-state index contributed by atoms with van der Waals surface area (Å²) in [4.78, 5) is 42.1. The quantitative estimate of drug-likeness (QED) is 0.249. The van der Waals surface area contributed by atoms with Gasteiger partial charge in [0.1, 0.15) is 11.8 Å². The molecule has 0 radical (unpaired) electrons. The molecule has 38 heavy (non-hydrogen) atoms. The molecule has 4 rings (SSSR count). The van der Waals surface area contributed by atoms with E-state index in [0.29, 0.717) is 33.7 Å². The number of esters is 2. The lowest BCUT2D eigenvalue weighted by atomic mass is 9.97. The number of ether oxygens (including phenoxy) is 2. The number of benzene rings is 2. The van der Waals surface area contributed by atoms with Crippen molar-refractivity contribution in [2.75, 3.05) is 0 Å². The minimum Gasteiger partial charge on any atom is -0.429 e. The molecule has 0 spiro atoms. The number of rotatable bonds is 9. The largest absolute Gasteiger partial charge is 0.429 e. The zero-order chi connectivity index (χ0) is 27.2. The van der Waals surface area contributed by atoms with Gasteiger partial charge < -0.3 is 14.8 Å². The third-order valence-electron chi connectivity index (χ3n) is 5.93. The SMILES string of the molecule is CC(OC(=O)[C@H](C)NC(=O)c1ncccc1OC(=O)CC1CC1)=C(c1ccc(Cl)cc1)c1ccc(Cl)cc1. The molecule has 1 amide bonds. The van der Waals surface area contributed by atoms with Crippen LogP contribution in [0.25, 0.3) is 5.57 Å². The number of nitrogens with zero attached hydrogens (tertiary/aromatic N) is 1. The van der Waals surface area contributed by atoms with Crippen LogP contribution in [-0.2, 0) is 14.3 Å². The third-order valence-corrected chi connectivity index (χ3v) is 6.44. The number of nitrogens with one attached hydrogen (secondary N) is 1. The topological polar surface area (TPSA) is 94.6 Å². The van der Waals surface area contributed by atoms with E-state index in [1.807, 2.05) is 24.3 Å². The van der Waals surface area contributed by atoms with Crippen LogP contribution < -0.4 is 10.1 Å². The smallest absolute Gasteiger partial charge is 0.333 e. The molecule has 1 aliphatic rings. The van der Waals surface area contributed by atoms with Crippen molar-refractivity contribution < 1.29 is 23.9 Å². The maximum absolute atomic E-state index is 13.0. The summed E-state index contributed by atoms with van der Waals surface area (Å²) >= 11 is 12.1. The van der Waals surface area contributed by atoms with Crippen molar-refractivity contribution >= 4 is 46.6 Å². The van der Waals surface area contributed by atoms with Crippen LogP contribution in [0.1, 0.15) is 54.7 Å². The van der Waals surface area contributed by atoms with Gasteiger partial charge in [-0.1, -0.05) is 47.5 Å². The fourth-order valence-corrected chi connectivity index (χ4v) is 4.04. The molecule has 3 aromatic rings. The average Bonchev–Trinajstić information content (AvgIpc) is 3.70. The summed E-state index contributed by atoms with van der Waals surface area (Å²) in [7, 11) is 0. The van der Waals surface area contributed by atoms with Gasteiger partial charge in [0.2, 0.25) is 0 Å². The van der Waals surface area contributed by atoms with Gasteiger partial charge in [-0.25, -0.2) is 9.78 Å². The fourth-order valence-electron chi connectivity index (χ4n) is 3.79. The van der Waals surface area contributed by atoms with Crippen molar-refractivity contribution in [1.29, 1.82) is 0 Å². The summed E-state index contributed by atoms with van der Waals surface area (Å²) in [6.07, 6.45) is 3.71. The predicted molar refractivity (Wildman–Crippen MR) is 145 cm³/mol. The van der Waals surface area contributed by atoms with Gasteiger partial charge in [-0.2, -0.15) is 0 Å². The molecule has 196 valence electrons. The Labute approximate surface area is 230 Å². The van der Waals surface area contributed by atoms with Gasteiger partial charge in [0.05, 0.1) is 0 Å². The minimum atomic E-state index is -1.02. The molecule has 0 saturated heterocycles. The van der Waals surface area contributed by atoms with E-state index in [0.717, 1.165) is 24.0 Å². The average molecular weight is 553 g/mol. The molecule has 0 unspecified atom stereocenters. The number of carbonyl (C=O) groups is 3. The molecule has 1 saturated carbocycles. The first-order valence-corrected chi connectivity index (χ1v) is 12.9. The Hall–Kier alpha value is -3.68. The molecule has 0 bridgehead atoms. The standard InChI is InChI=1S/C29H26Cl2N2O5/c1-17(33-28(35)27-24(4-3-15-32-27)38-25(34)16-19-5-6-19)29(36)37-18(2)26(20-7-11-22(30)12-8-20)21-9-13-23(31)14-10-21/h3-4,7-15,17,19H,5-6,16H2,1-2H3,(H,33,35)/t17-/m0/s1. The molecule has 1 heterocycles. The van der Waals surface area contributed by atoms with E-state index in [2.05, 4.69) is 10.3 Å². The summed E-state index contributed by atoms with van der Waals surface area (Å²) in [5.41, 5.74) is 2.14. The lowest BCUT2D eigenvalue weighted by molar-refractivity contribution is -0.141. The Morgan fingerprint density at radius 2 is 1.55 bits per heavy atom. The number of hydrogen-bond donors (Lipinski definition) is 1. The number of aromatic nitrogens is 1. The Balaban J connectivity index is 1.49. The Kier molecular flexibility index (Phi) is 8.81. The highest BCUT2D eigenvalue weighted by atomic mass is 35.5. The summed E-state index contributed by atoms with van der Waals surface area (Å²) in [6, 6.07) is 16.3. The monoisotopic (exact) mass is 552 g/mol. The number of pyridine rings is 1. The normalized spacial score (nSPS) is 13.3. The number of hydrogen-bond acceptors (Lipinski definition) is 6. The highest BCUT2D eigenvalue weighted by molar-refractivity contribution is 6.31. The molecule has 9 heteroatoms. The maximum atomic E-state index is 13.0. The van der Waals surface area contributed by atoms with E-state index >= 15 is 0 Å². The fraction of sp³-hybridized carbons (Fsp3) is 0.241. The second-order valence-electron chi connectivity index (χ2n) is 9.03. The number of carbonyl (C=O) groups excluding carboxylic acids is 3. The van der Waals surface area contributed by atoms with E-state index in [4.69, 9.17) is 32.7 Å². The third kappa shape index (κ3) is 7.21. The van der Waals surface area contributed by atoms with Crippen molar-refractivity contribution in [3.8, 4) is 5.75 Å². The van der Waals surface area contributed by atoms with Crippen LogP contribution in [0.15, 0.2) is 72.6 Å².